The van der Waals surface area contributed by atoms with E-state index < -0.39 is 0 Å². The van der Waals surface area contributed by atoms with Crippen LogP contribution in [0, 0.1) is 5.92 Å². The van der Waals surface area contributed by atoms with Crippen molar-refractivity contribution in [3.05, 3.63) is 18.0 Å². The van der Waals surface area contributed by atoms with Crippen molar-refractivity contribution in [1.82, 2.24) is 24.9 Å². The highest BCUT2D eigenvalue weighted by Gasteiger charge is 2.30. The van der Waals surface area contributed by atoms with Gasteiger partial charge in [-0.2, -0.15) is 5.10 Å². The number of piperidine rings is 2. The van der Waals surface area contributed by atoms with Crippen LogP contribution in [0.2, 0.25) is 0 Å². The second-order valence-electron chi connectivity index (χ2n) is 7.23. The van der Waals surface area contributed by atoms with Crippen LogP contribution in [0.1, 0.15) is 43.7 Å². The molecule has 1 N–H and O–H groups in total. The Morgan fingerprint density at radius 3 is 2.68 bits per heavy atom. The van der Waals surface area contributed by atoms with E-state index in [1.165, 1.54) is 0 Å². The lowest BCUT2D eigenvalue weighted by molar-refractivity contribution is -0.137. The van der Waals surface area contributed by atoms with E-state index in [0.29, 0.717) is 18.2 Å². The van der Waals surface area contributed by atoms with E-state index in [0.717, 1.165) is 57.4 Å². The van der Waals surface area contributed by atoms with Gasteiger partial charge in [-0.05, 0) is 38.6 Å². The van der Waals surface area contributed by atoms with Gasteiger partial charge in [0.25, 0.3) is 0 Å². The van der Waals surface area contributed by atoms with Crippen molar-refractivity contribution in [2.45, 2.75) is 38.1 Å². The number of aromatic nitrogens is 2. The molecule has 1 unspecified atom stereocenters. The minimum Gasteiger partial charge on any atom is -0.342 e. The Morgan fingerprint density at radius 1 is 1.32 bits per heavy atom. The maximum absolute atomic E-state index is 12.8. The molecule has 25 heavy (non-hydrogen) atoms. The molecule has 7 heteroatoms. The van der Waals surface area contributed by atoms with E-state index in [1.807, 2.05) is 30.1 Å². The van der Waals surface area contributed by atoms with Crippen LogP contribution in [-0.4, -0.2) is 64.6 Å². The van der Waals surface area contributed by atoms with Gasteiger partial charge in [0, 0.05) is 51.4 Å². The third-order valence-electron chi connectivity index (χ3n) is 5.42. The van der Waals surface area contributed by atoms with Crippen LogP contribution < -0.4 is 5.32 Å². The van der Waals surface area contributed by atoms with Crippen molar-refractivity contribution in [1.29, 1.82) is 0 Å². The van der Waals surface area contributed by atoms with Gasteiger partial charge < -0.3 is 15.1 Å². The first-order valence-electron chi connectivity index (χ1n) is 9.31. The number of hydrogen-bond acceptors (Lipinski definition) is 4. The maximum atomic E-state index is 12.8. The number of carbonyl (C=O) groups is 2. The summed E-state index contributed by atoms with van der Waals surface area (Å²) in [4.78, 5) is 28.8. The van der Waals surface area contributed by atoms with Crippen LogP contribution in [0.5, 0.6) is 0 Å². The Bertz CT molecular complexity index is 606. The van der Waals surface area contributed by atoms with E-state index in [2.05, 4.69) is 10.4 Å². The number of nitrogens with one attached hydrogen (secondary N) is 1. The molecule has 138 valence electrons. The fourth-order valence-electron chi connectivity index (χ4n) is 3.91. The van der Waals surface area contributed by atoms with Crippen LogP contribution >= 0.6 is 0 Å². The molecule has 0 spiro atoms. The molecular weight excluding hydrogens is 318 g/mol. The fraction of sp³-hybridized carbons (Fsp3) is 0.722. The lowest BCUT2D eigenvalue weighted by atomic mass is 9.94. The average molecular weight is 347 g/mol. The van der Waals surface area contributed by atoms with Gasteiger partial charge in [0.05, 0.1) is 6.20 Å². The van der Waals surface area contributed by atoms with Gasteiger partial charge in [-0.25, -0.2) is 0 Å². The molecule has 3 heterocycles. The second kappa shape index (κ2) is 7.99. The quantitative estimate of drug-likeness (QED) is 0.860. The van der Waals surface area contributed by atoms with E-state index in [1.54, 1.807) is 10.9 Å². The molecule has 7 nitrogen and oxygen atoms in total. The number of carbonyl (C=O) groups excluding carboxylic acids is 2. The zero-order valence-electron chi connectivity index (χ0n) is 15.3. The summed E-state index contributed by atoms with van der Waals surface area (Å²) in [5, 5.41) is 7.28. The van der Waals surface area contributed by atoms with E-state index in [4.69, 9.17) is 0 Å². The molecule has 1 atom stereocenters. The number of nitrogens with zero attached hydrogens (tertiary/aromatic N) is 4. The summed E-state index contributed by atoms with van der Waals surface area (Å²) in [6.45, 7) is 3.30. The Hall–Kier alpha value is -1.89. The first-order chi connectivity index (χ1) is 12.1. The zero-order valence-corrected chi connectivity index (χ0v) is 15.3. The van der Waals surface area contributed by atoms with Crippen LogP contribution in [0.25, 0.3) is 0 Å². The van der Waals surface area contributed by atoms with Gasteiger partial charge in [0.2, 0.25) is 11.8 Å². The molecule has 2 aliphatic heterocycles. The van der Waals surface area contributed by atoms with Crippen molar-refractivity contribution in [3.63, 3.8) is 0 Å². The molecule has 0 aromatic carbocycles. The standard InChI is InChI=1S/C18H29N5O2/c1-19-17(15-11-20-21(2)13-15)18(25)22-9-6-14(7-10-22)12-23-8-4-3-5-16(23)24/h11,13-14,17,19H,3-10,12H2,1-2H3. The third kappa shape index (κ3) is 4.21. The van der Waals surface area contributed by atoms with Crippen molar-refractivity contribution in [2.75, 3.05) is 33.2 Å². The average Bonchev–Trinajstić information content (AvgIpc) is 3.04. The molecule has 1 aromatic rings. The molecule has 2 fully saturated rings. The number of hydrogen-bond donors (Lipinski definition) is 1. The van der Waals surface area contributed by atoms with Crippen LogP contribution in [0.15, 0.2) is 12.4 Å². The lowest BCUT2D eigenvalue weighted by Crippen LogP contribution is -2.46. The van der Waals surface area contributed by atoms with Crippen LogP contribution in [0.4, 0.5) is 0 Å². The predicted octanol–water partition coefficient (Wildman–Crippen LogP) is 0.932. The van der Waals surface area contributed by atoms with Crippen molar-refractivity contribution < 1.29 is 9.59 Å². The third-order valence-corrected chi connectivity index (χ3v) is 5.42. The van der Waals surface area contributed by atoms with Crippen molar-refractivity contribution >= 4 is 11.8 Å². The molecule has 0 bridgehead atoms. The van der Waals surface area contributed by atoms with E-state index in [9.17, 15) is 9.59 Å². The van der Waals surface area contributed by atoms with Gasteiger partial charge in [-0.15, -0.1) is 0 Å². The number of likely N-dealkylation sites (tertiary alicyclic amines) is 2. The Balaban J connectivity index is 1.52. The molecule has 0 aliphatic carbocycles. The number of aryl methyl sites for hydroxylation is 1. The van der Waals surface area contributed by atoms with E-state index >= 15 is 0 Å². The van der Waals surface area contributed by atoms with Gasteiger partial charge in [-0.3, -0.25) is 14.3 Å². The Morgan fingerprint density at radius 2 is 2.08 bits per heavy atom. The Labute approximate surface area is 149 Å². The highest BCUT2D eigenvalue weighted by atomic mass is 16.2. The minimum absolute atomic E-state index is 0.114. The highest BCUT2D eigenvalue weighted by molar-refractivity contribution is 5.83. The highest BCUT2D eigenvalue weighted by Crippen LogP contribution is 2.23. The molecule has 0 saturated carbocycles. The maximum Gasteiger partial charge on any atom is 0.244 e. The van der Waals surface area contributed by atoms with Crippen LogP contribution in [0.3, 0.4) is 0 Å². The summed E-state index contributed by atoms with van der Waals surface area (Å²) in [6.07, 6.45) is 8.42. The normalized spacial score (nSPS) is 20.8. The fourth-order valence-corrected chi connectivity index (χ4v) is 3.91. The van der Waals surface area contributed by atoms with Gasteiger partial charge in [0.1, 0.15) is 6.04 Å². The summed E-state index contributed by atoms with van der Waals surface area (Å²) >= 11 is 0. The first-order valence-corrected chi connectivity index (χ1v) is 9.31. The molecule has 2 aliphatic rings. The summed E-state index contributed by atoms with van der Waals surface area (Å²) in [5.41, 5.74) is 0.899. The molecule has 0 radical (unpaired) electrons. The first kappa shape index (κ1) is 17.9. The summed E-state index contributed by atoms with van der Waals surface area (Å²) in [7, 11) is 3.67. The predicted molar refractivity (Wildman–Crippen MR) is 94.7 cm³/mol. The SMILES string of the molecule is CNC(C(=O)N1CCC(CN2CCCCC2=O)CC1)c1cnn(C)c1. The second-order valence-corrected chi connectivity index (χ2v) is 7.23. The zero-order chi connectivity index (χ0) is 17.8. The lowest BCUT2D eigenvalue weighted by Gasteiger charge is -2.37. The molecular formula is C18H29N5O2. The van der Waals surface area contributed by atoms with Gasteiger partial charge >= 0.3 is 0 Å². The summed E-state index contributed by atoms with van der Waals surface area (Å²) in [5.74, 6) is 0.928. The van der Waals surface area contributed by atoms with Crippen LogP contribution in [-0.2, 0) is 16.6 Å². The van der Waals surface area contributed by atoms with E-state index in [-0.39, 0.29) is 11.9 Å². The van der Waals surface area contributed by atoms with Gasteiger partial charge in [-0.1, -0.05) is 0 Å². The molecule has 2 saturated heterocycles. The van der Waals surface area contributed by atoms with Crippen molar-refractivity contribution in [2.24, 2.45) is 13.0 Å². The number of likely N-dealkylation sites (N-methyl/N-ethyl adjacent to an activating group) is 1. The summed E-state index contributed by atoms with van der Waals surface area (Å²) < 4.78 is 1.72. The minimum atomic E-state index is -0.339. The molecule has 1 aromatic heterocycles. The topological polar surface area (TPSA) is 70.5 Å². The molecule has 3 rings (SSSR count). The van der Waals surface area contributed by atoms with Crippen molar-refractivity contribution in [3.8, 4) is 0 Å². The number of amides is 2. The number of rotatable bonds is 5. The molecule has 2 amide bonds. The monoisotopic (exact) mass is 347 g/mol. The smallest absolute Gasteiger partial charge is 0.244 e. The van der Waals surface area contributed by atoms with Gasteiger partial charge in [0.15, 0.2) is 0 Å². The Kier molecular flexibility index (Phi) is 5.73. The summed E-state index contributed by atoms with van der Waals surface area (Å²) in [6, 6.07) is -0.339. The largest absolute Gasteiger partial charge is 0.342 e.